The van der Waals surface area contributed by atoms with Crippen molar-refractivity contribution < 1.29 is 8.94 Å². The van der Waals surface area contributed by atoms with Gasteiger partial charge in [0.1, 0.15) is 4.83 Å². The van der Waals surface area contributed by atoms with E-state index in [0.29, 0.717) is 22.4 Å². The largest absolute Gasteiger partial charge is 0.461 e. The van der Waals surface area contributed by atoms with Crippen LogP contribution in [0.2, 0.25) is 0 Å². The summed E-state index contributed by atoms with van der Waals surface area (Å²) in [5.74, 6) is 1.83. The average Bonchev–Trinajstić information content (AvgIpc) is 3.37. The number of thioether (sulfide) groups is 1. The second-order valence-electron chi connectivity index (χ2n) is 6.21. The number of fused-ring (bicyclic) bond motifs is 3. The minimum absolute atomic E-state index is 0.0338. The molecule has 0 radical (unpaired) electrons. The lowest BCUT2D eigenvalue weighted by Crippen LogP contribution is -2.10. The Labute approximate surface area is 156 Å². The molecular weight excluding hydrogens is 370 g/mol. The third-order valence-corrected chi connectivity index (χ3v) is 6.66. The minimum atomic E-state index is -0.0338. The number of thiophene rings is 1. The van der Waals surface area contributed by atoms with Crippen molar-refractivity contribution >= 4 is 33.3 Å². The van der Waals surface area contributed by atoms with Gasteiger partial charge in [-0.25, -0.2) is 4.98 Å². The van der Waals surface area contributed by atoms with E-state index in [1.807, 2.05) is 6.07 Å². The van der Waals surface area contributed by atoms with Gasteiger partial charge in [-0.1, -0.05) is 16.9 Å². The van der Waals surface area contributed by atoms with Gasteiger partial charge in [-0.3, -0.25) is 4.79 Å². The summed E-state index contributed by atoms with van der Waals surface area (Å²) < 4.78 is 10.7. The highest BCUT2D eigenvalue weighted by atomic mass is 32.2. The summed E-state index contributed by atoms with van der Waals surface area (Å²) in [6.45, 7) is 0. The van der Waals surface area contributed by atoms with Crippen molar-refractivity contribution in [3.63, 3.8) is 0 Å². The third kappa shape index (κ3) is 2.69. The Morgan fingerprint density at radius 2 is 2.23 bits per heavy atom. The Morgan fingerprint density at radius 3 is 3.12 bits per heavy atom. The van der Waals surface area contributed by atoms with Crippen LogP contribution in [0, 0.1) is 0 Å². The number of aromatic amines is 1. The molecule has 0 spiro atoms. The molecule has 0 amide bonds. The summed E-state index contributed by atoms with van der Waals surface area (Å²) >= 11 is 3.13. The number of rotatable bonds is 4. The van der Waals surface area contributed by atoms with Gasteiger partial charge in [0.15, 0.2) is 10.9 Å². The molecule has 0 aliphatic heterocycles. The summed E-state index contributed by atoms with van der Waals surface area (Å²) in [5.41, 5.74) is 2.08. The van der Waals surface area contributed by atoms with Crippen molar-refractivity contribution in [3.05, 3.63) is 51.0 Å². The molecule has 8 heteroatoms. The van der Waals surface area contributed by atoms with Crippen LogP contribution >= 0.6 is 23.1 Å². The Kier molecular flexibility index (Phi) is 3.94. The van der Waals surface area contributed by atoms with Gasteiger partial charge in [0.05, 0.1) is 17.8 Å². The van der Waals surface area contributed by atoms with Gasteiger partial charge in [-0.15, -0.1) is 11.3 Å². The fourth-order valence-corrected chi connectivity index (χ4v) is 5.47. The molecule has 5 rings (SSSR count). The van der Waals surface area contributed by atoms with Crippen LogP contribution in [-0.4, -0.2) is 15.1 Å². The molecule has 0 unspecified atom stereocenters. The molecule has 1 aliphatic carbocycles. The van der Waals surface area contributed by atoms with Crippen molar-refractivity contribution in [2.45, 2.75) is 36.6 Å². The first kappa shape index (κ1) is 15.9. The fraction of sp³-hybridized carbons (Fsp3) is 0.278. The summed E-state index contributed by atoms with van der Waals surface area (Å²) in [4.78, 5) is 22.4. The zero-order valence-electron chi connectivity index (χ0n) is 13.8. The van der Waals surface area contributed by atoms with Gasteiger partial charge in [-0.2, -0.15) is 0 Å². The Balaban J connectivity index is 1.44. The maximum absolute atomic E-state index is 12.6. The second kappa shape index (κ2) is 6.44. The van der Waals surface area contributed by atoms with Crippen LogP contribution in [0.25, 0.3) is 21.7 Å². The number of aryl methyl sites for hydroxylation is 2. The first-order valence-electron chi connectivity index (χ1n) is 8.44. The molecule has 132 valence electrons. The van der Waals surface area contributed by atoms with Gasteiger partial charge >= 0.3 is 0 Å². The van der Waals surface area contributed by atoms with E-state index in [1.165, 1.54) is 28.6 Å². The van der Waals surface area contributed by atoms with Crippen LogP contribution in [0.3, 0.4) is 0 Å². The summed E-state index contributed by atoms with van der Waals surface area (Å²) in [7, 11) is 0. The topological polar surface area (TPSA) is 84.9 Å². The van der Waals surface area contributed by atoms with E-state index in [-0.39, 0.29) is 5.56 Å². The standard InChI is InChI=1S/C18H15N3O3S2/c22-16-14-11-4-1-2-6-13(11)26-17(14)21-18(20-16)25-9-10-8-19-24-15(10)12-5-3-7-23-12/h3,5,7-8H,1-2,4,6,9H2,(H,20,21,22). The monoisotopic (exact) mass is 385 g/mol. The van der Waals surface area contributed by atoms with Crippen LogP contribution in [0.1, 0.15) is 28.8 Å². The second-order valence-corrected chi connectivity index (χ2v) is 8.26. The number of aromatic nitrogens is 3. The van der Waals surface area contributed by atoms with E-state index in [1.54, 1.807) is 29.9 Å². The number of furan rings is 1. The van der Waals surface area contributed by atoms with Gasteiger partial charge < -0.3 is 13.9 Å². The highest BCUT2D eigenvalue weighted by molar-refractivity contribution is 7.98. The number of nitrogens with zero attached hydrogens (tertiary/aromatic N) is 2. The molecule has 4 aromatic rings. The number of hydrogen-bond acceptors (Lipinski definition) is 7. The highest BCUT2D eigenvalue weighted by Crippen LogP contribution is 2.35. The van der Waals surface area contributed by atoms with Gasteiger partial charge in [0.25, 0.3) is 5.56 Å². The normalized spacial score (nSPS) is 14.0. The predicted octanol–water partition coefficient (Wildman–Crippen LogP) is 4.40. The molecule has 0 aromatic carbocycles. The van der Waals surface area contributed by atoms with E-state index >= 15 is 0 Å². The predicted molar refractivity (Wildman–Crippen MR) is 101 cm³/mol. The molecule has 0 bridgehead atoms. The molecule has 4 heterocycles. The molecule has 26 heavy (non-hydrogen) atoms. The lowest BCUT2D eigenvalue weighted by atomic mass is 9.97. The molecule has 6 nitrogen and oxygen atoms in total. The lowest BCUT2D eigenvalue weighted by molar-refractivity contribution is 0.417. The number of hydrogen-bond donors (Lipinski definition) is 1. The quantitative estimate of drug-likeness (QED) is 0.414. The smallest absolute Gasteiger partial charge is 0.260 e. The maximum Gasteiger partial charge on any atom is 0.260 e. The summed E-state index contributed by atoms with van der Waals surface area (Å²) in [6.07, 6.45) is 7.66. The average molecular weight is 385 g/mol. The summed E-state index contributed by atoms with van der Waals surface area (Å²) in [5, 5.41) is 5.27. The van der Waals surface area contributed by atoms with Gasteiger partial charge in [0.2, 0.25) is 5.76 Å². The third-order valence-electron chi connectivity index (χ3n) is 4.56. The Morgan fingerprint density at radius 1 is 1.31 bits per heavy atom. The first-order chi connectivity index (χ1) is 12.8. The van der Waals surface area contributed by atoms with Crippen molar-refractivity contribution in [2.24, 2.45) is 0 Å². The Hall–Kier alpha value is -2.32. The first-order valence-corrected chi connectivity index (χ1v) is 10.2. The summed E-state index contributed by atoms with van der Waals surface area (Å²) in [6, 6.07) is 3.64. The van der Waals surface area contributed by atoms with E-state index in [0.717, 1.165) is 35.0 Å². The molecule has 1 aliphatic rings. The highest BCUT2D eigenvalue weighted by Gasteiger charge is 2.20. The molecule has 0 saturated heterocycles. The molecule has 1 N–H and O–H groups in total. The van der Waals surface area contributed by atoms with Crippen LogP contribution in [0.4, 0.5) is 0 Å². The van der Waals surface area contributed by atoms with E-state index in [9.17, 15) is 4.79 Å². The van der Waals surface area contributed by atoms with E-state index in [4.69, 9.17) is 8.94 Å². The van der Waals surface area contributed by atoms with Crippen LogP contribution in [0.15, 0.2) is 43.5 Å². The molecule has 0 saturated carbocycles. The zero-order valence-corrected chi connectivity index (χ0v) is 15.4. The van der Waals surface area contributed by atoms with E-state index in [2.05, 4.69) is 15.1 Å². The maximum atomic E-state index is 12.6. The Bertz CT molecular complexity index is 1120. The van der Waals surface area contributed by atoms with Crippen LogP contribution in [0.5, 0.6) is 0 Å². The molecule has 4 aromatic heterocycles. The van der Waals surface area contributed by atoms with Gasteiger partial charge in [-0.05, 0) is 43.4 Å². The van der Waals surface area contributed by atoms with Crippen molar-refractivity contribution in [2.75, 3.05) is 0 Å². The van der Waals surface area contributed by atoms with Crippen molar-refractivity contribution in [1.29, 1.82) is 0 Å². The van der Waals surface area contributed by atoms with Crippen molar-refractivity contribution in [3.8, 4) is 11.5 Å². The van der Waals surface area contributed by atoms with Crippen molar-refractivity contribution in [1.82, 2.24) is 15.1 Å². The molecule has 0 fully saturated rings. The molecule has 0 atom stereocenters. The van der Waals surface area contributed by atoms with Crippen LogP contribution in [-0.2, 0) is 18.6 Å². The SMILES string of the molecule is O=c1[nH]c(SCc2cnoc2-c2ccco2)nc2sc3c(c12)CCCC3. The van der Waals surface area contributed by atoms with Gasteiger partial charge in [0, 0.05) is 16.2 Å². The number of nitrogens with one attached hydrogen (secondary N) is 1. The zero-order chi connectivity index (χ0) is 17.5. The lowest BCUT2D eigenvalue weighted by Gasteiger charge is -2.09. The molecular formula is C18H15N3O3S2. The minimum Gasteiger partial charge on any atom is -0.461 e. The number of H-pyrrole nitrogens is 1. The fourth-order valence-electron chi connectivity index (χ4n) is 3.33. The van der Waals surface area contributed by atoms with E-state index < -0.39 is 0 Å². The van der Waals surface area contributed by atoms with Crippen LogP contribution < -0.4 is 5.56 Å².